The number of hydrogen-bond acceptors (Lipinski definition) is 3. The van der Waals surface area contributed by atoms with E-state index in [0.717, 1.165) is 12.0 Å². The highest BCUT2D eigenvalue weighted by Gasteiger charge is 2.33. The molecule has 0 amide bonds. The van der Waals surface area contributed by atoms with Gasteiger partial charge >= 0.3 is 0 Å². The van der Waals surface area contributed by atoms with Crippen molar-refractivity contribution in [2.45, 2.75) is 70.9 Å². The molecule has 2 saturated heterocycles. The normalized spacial score (nSPS) is 29.3. The molecule has 3 unspecified atom stereocenters. The van der Waals surface area contributed by atoms with Crippen molar-refractivity contribution in [2.75, 3.05) is 39.8 Å². The SMILES string of the molecule is CCCNC(C)CCCCN1CCC2C(CCCN2C)C1. The number of nitrogens with zero attached hydrogens (tertiary/aromatic N) is 2. The van der Waals surface area contributed by atoms with Gasteiger partial charge in [-0.1, -0.05) is 13.3 Å². The molecule has 124 valence electrons. The van der Waals surface area contributed by atoms with Gasteiger partial charge in [0, 0.05) is 18.6 Å². The molecule has 21 heavy (non-hydrogen) atoms. The molecular weight excluding hydrogens is 258 g/mol. The monoisotopic (exact) mass is 295 g/mol. The molecule has 0 bridgehead atoms. The van der Waals surface area contributed by atoms with Crippen LogP contribution in [0.1, 0.15) is 58.8 Å². The Morgan fingerprint density at radius 2 is 2.05 bits per heavy atom. The molecule has 2 rings (SSSR count). The fourth-order valence-corrected chi connectivity index (χ4v) is 4.21. The summed E-state index contributed by atoms with van der Waals surface area (Å²) in [6.07, 6.45) is 9.61. The van der Waals surface area contributed by atoms with Gasteiger partial charge in [-0.15, -0.1) is 0 Å². The third-order valence-corrected chi connectivity index (χ3v) is 5.53. The Morgan fingerprint density at radius 1 is 1.19 bits per heavy atom. The van der Waals surface area contributed by atoms with Gasteiger partial charge in [-0.05, 0) is 84.6 Å². The van der Waals surface area contributed by atoms with Gasteiger partial charge in [0.2, 0.25) is 0 Å². The first-order chi connectivity index (χ1) is 10.2. The average Bonchev–Trinajstić information content (AvgIpc) is 2.49. The Labute approximate surface area is 132 Å². The maximum absolute atomic E-state index is 3.59. The van der Waals surface area contributed by atoms with Crippen LogP contribution in [0.5, 0.6) is 0 Å². The summed E-state index contributed by atoms with van der Waals surface area (Å²) in [6, 6.07) is 1.58. The maximum atomic E-state index is 3.59. The minimum absolute atomic E-state index is 0.697. The number of piperidine rings is 2. The highest BCUT2D eigenvalue weighted by Crippen LogP contribution is 2.29. The zero-order valence-corrected chi connectivity index (χ0v) is 14.6. The molecule has 3 atom stereocenters. The molecular formula is C18H37N3. The molecule has 2 heterocycles. The van der Waals surface area contributed by atoms with Crippen molar-refractivity contribution in [3.05, 3.63) is 0 Å². The zero-order chi connectivity index (χ0) is 15.1. The summed E-state index contributed by atoms with van der Waals surface area (Å²) in [5.41, 5.74) is 0. The fraction of sp³-hybridized carbons (Fsp3) is 1.00. The van der Waals surface area contributed by atoms with Gasteiger partial charge in [0.15, 0.2) is 0 Å². The molecule has 0 saturated carbocycles. The van der Waals surface area contributed by atoms with Crippen molar-refractivity contribution in [2.24, 2.45) is 5.92 Å². The Balaban J connectivity index is 1.57. The van der Waals surface area contributed by atoms with Crippen LogP contribution in [-0.4, -0.2) is 61.7 Å². The van der Waals surface area contributed by atoms with Crippen molar-refractivity contribution < 1.29 is 0 Å². The van der Waals surface area contributed by atoms with Crippen LogP contribution in [0.3, 0.4) is 0 Å². The molecule has 3 nitrogen and oxygen atoms in total. The summed E-state index contributed by atoms with van der Waals surface area (Å²) in [6.45, 7) is 11.1. The second-order valence-electron chi connectivity index (χ2n) is 7.39. The average molecular weight is 296 g/mol. The lowest BCUT2D eigenvalue weighted by Gasteiger charge is -2.46. The van der Waals surface area contributed by atoms with Crippen molar-refractivity contribution in [3.63, 3.8) is 0 Å². The van der Waals surface area contributed by atoms with Crippen LogP contribution in [0.4, 0.5) is 0 Å². The lowest BCUT2D eigenvalue weighted by molar-refractivity contribution is 0.0379. The molecule has 0 radical (unpaired) electrons. The van der Waals surface area contributed by atoms with Crippen molar-refractivity contribution in [1.82, 2.24) is 15.1 Å². The van der Waals surface area contributed by atoms with E-state index < -0.39 is 0 Å². The van der Waals surface area contributed by atoms with Gasteiger partial charge in [-0.3, -0.25) is 0 Å². The topological polar surface area (TPSA) is 18.5 Å². The molecule has 0 aliphatic carbocycles. The van der Waals surface area contributed by atoms with E-state index in [4.69, 9.17) is 0 Å². The van der Waals surface area contributed by atoms with Crippen molar-refractivity contribution in [3.8, 4) is 0 Å². The Hall–Kier alpha value is -0.120. The number of hydrogen-bond donors (Lipinski definition) is 1. The molecule has 1 N–H and O–H groups in total. The first-order valence-electron chi connectivity index (χ1n) is 9.36. The number of likely N-dealkylation sites (tertiary alicyclic amines) is 2. The first kappa shape index (κ1) is 17.2. The van der Waals surface area contributed by atoms with E-state index in [-0.39, 0.29) is 0 Å². The summed E-state index contributed by atoms with van der Waals surface area (Å²) in [4.78, 5) is 5.36. The Morgan fingerprint density at radius 3 is 2.86 bits per heavy atom. The standard InChI is InChI=1S/C18H37N3/c1-4-11-19-16(2)8-5-6-13-21-14-10-18-17(15-21)9-7-12-20(18)3/h16-19H,4-15H2,1-3H3. The van der Waals surface area contributed by atoms with E-state index in [0.29, 0.717) is 6.04 Å². The highest BCUT2D eigenvalue weighted by atomic mass is 15.2. The lowest BCUT2D eigenvalue weighted by atomic mass is 9.84. The van der Waals surface area contributed by atoms with Crippen molar-refractivity contribution >= 4 is 0 Å². The highest BCUT2D eigenvalue weighted by molar-refractivity contribution is 4.89. The van der Waals surface area contributed by atoms with E-state index in [1.807, 2.05) is 0 Å². The van der Waals surface area contributed by atoms with Crippen LogP contribution in [-0.2, 0) is 0 Å². The van der Waals surface area contributed by atoms with E-state index in [1.165, 1.54) is 77.7 Å². The van der Waals surface area contributed by atoms with E-state index >= 15 is 0 Å². The molecule has 2 fully saturated rings. The molecule has 3 heteroatoms. The summed E-state index contributed by atoms with van der Waals surface area (Å²) >= 11 is 0. The minimum atomic E-state index is 0.697. The summed E-state index contributed by atoms with van der Waals surface area (Å²) in [5.74, 6) is 0.947. The number of unbranched alkanes of at least 4 members (excludes halogenated alkanes) is 1. The quantitative estimate of drug-likeness (QED) is 0.695. The molecule has 0 aromatic carbocycles. The number of fused-ring (bicyclic) bond motifs is 1. The second-order valence-corrected chi connectivity index (χ2v) is 7.39. The molecule has 0 spiro atoms. The van der Waals surface area contributed by atoms with Crippen LogP contribution in [0, 0.1) is 5.92 Å². The number of rotatable bonds is 8. The van der Waals surface area contributed by atoms with Gasteiger partial charge in [0.1, 0.15) is 0 Å². The number of nitrogens with one attached hydrogen (secondary N) is 1. The van der Waals surface area contributed by atoms with Crippen LogP contribution >= 0.6 is 0 Å². The van der Waals surface area contributed by atoms with Crippen LogP contribution in [0.25, 0.3) is 0 Å². The van der Waals surface area contributed by atoms with Gasteiger partial charge in [-0.25, -0.2) is 0 Å². The summed E-state index contributed by atoms with van der Waals surface area (Å²) in [7, 11) is 2.33. The minimum Gasteiger partial charge on any atom is -0.314 e. The van der Waals surface area contributed by atoms with Gasteiger partial charge in [0.05, 0.1) is 0 Å². The van der Waals surface area contributed by atoms with E-state index in [1.54, 1.807) is 0 Å². The molecule has 0 aromatic rings. The zero-order valence-electron chi connectivity index (χ0n) is 14.6. The lowest BCUT2D eigenvalue weighted by Crippen LogP contribution is -2.52. The smallest absolute Gasteiger partial charge is 0.0145 e. The van der Waals surface area contributed by atoms with Crippen LogP contribution < -0.4 is 5.32 Å². The largest absolute Gasteiger partial charge is 0.314 e. The Kier molecular flexibility index (Phi) is 7.48. The summed E-state index contributed by atoms with van der Waals surface area (Å²) < 4.78 is 0. The predicted molar refractivity (Wildman–Crippen MR) is 91.8 cm³/mol. The maximum Gasteiger partial charge on any atom is 0.0145 e. The van der Waals surface area contributed by atoms with Gasteiger partial charge in [-0.2, -0.15) is 0 Å². The third kappa shape index (κ3) is 5.54. The Bertz CT molecular complexity index is 282. The van der Waals surface area contributed by atoms with Crippen molar-refractivity contribution in [1.29, 1.82) is 0 Å². The predicted octanol–water partition coefficient (Wildman–Crippen LogP) is 2.96. The third-order valence-electron chi connectivity index (χ3n) is 5.53. The van der Waals surface area contributed by atoms with Gasteiger partial charge < -0.3 is 15.1 Å². The fourth-order valence-electron chi connectivity index (χ4n) is 4.21. The molecule has 2 aliphatic rings. The van der Waals surface area contributed by atoms with Gasteiger partial charge in [0.25, 0.3) is 0 Å². The van der Waals surface area contributed by atoms with E-state index in [2.05, 4.69) is 36.0 Å². The van der Waals surface area contributed by atoms with Crippen LogP contribution in [0.15, 0.2) is 0 Å². The first-order valence-corrected chi connectivity index (χ1v) is 9.36. The van der Waals surface area contributed by atoms with E-state index in [9.17, 15) is 0 Å². The second kappa shape index (κ2) is 9.12. The van der Waals surface area contributed by atoms with Crippen LogP contribution in [0.2, 0.25) is 0 Å². The molecule has 0 aromatic heterocycles. The molecule has 2 aliphatic heterocycles. The summed E-state index contributed by atoms with van der Waals surface area (Å²) in [5, 5.41) is 3.59.